The van der Waals surface area contributed by atoms with E-state index in [-0.39, 0.29) is 17.9 Å². The van der Waals surface area contributed by atoms with Crippen molar-refractivity contribution in [1.82, 2.24) is 10.2 Å². The van der Waals surface area contributed by atoms with E-state index >= 15 is 0 Å². The van der Waals surface area contributed by atoms with Gasteiger partial charge in [-0.1, -0.05) is 61.0 Å². The number of carbonyl (C=O) groups is 2. The second kappa shape index (κ2) is 13.2. The maximum Gasteiger partial charge on any atom is 0.258 e. The summed E-state index contributed by atoms with van der Waals surface area (Å²) in [7, 11) is 1.62. The van der Waals surface area contributed by atoms with E-state index in [2.05, 4.69) is 39.0 Å². The minimum absolute atomic E-state index is 0.210. The van der Waals surface area contributed by atoms with Gasteiger partial charge in [0.25, 0.3) is 11.8 Å². The first-order chi connectivity index (χ1) is 21.5. The van der Waals surface area contributed by atoms with Gasteiger partial charge < -0.3 is 20.7 Å². The summed E-state index contributed by atoms with van der Waals surface area (Å²) >= 11 is 0. The predicted octanol–water partition coefficient (Wildman–Crippen LogP) is 7.10. The first kappa shape index (κ1) is 29.2. The Kier molecular flexibility index (Phi) is 8.75. The largest absolute Gasteiger partial charge is 0.497 e. The number of hydrogen-bond acceptors (Lipinski definition) is 5. The topological polar surface area (TPSA) is 82.7 Å². The van der Waals surface area contributed by atoms with Crippen LogP contribution in [0.25, 0.3) is 11.3 Å². The van der Waals surface area contributed by atoms with Gasteiger partial charge in [-0.15, -0.1) is 0 Å². The Morgan fingerprint density at radius 3 is 2.48 bits per heavy atom. The molecule has 0 radical (unpaired) electrons. The third-order valence-corrected chi connectivity index (χ3v) is 8.33. The van der Waals surface area contributed by atoms with E-state index in [1.807, 2.05) is 67.6 Å². The van der Waals surface area contributed by atoms with Crippen LogP contribution in [0.3, 0.4) is 0 Å². The number of amides is 2. The molecule has 7 nitrogen and oxygen atoms in total. The first-order valence-corrected chi connectivity index (χ1v) is 15.3. The lowest BCUT2D eigenvalue weighted by Crippen LogP contribution is -2.29. The fourth-order valence-electron chi connectivity index (χ4n) is 5.98. The van der Waals surface area contributed by atoms with Crippen molar-refractivity contribution >= 4 is 34.5 Å². The molecule has 4 aromatic carbocycles. The molecule has 0 bridgehead atoms. The summed E-state index contributed by atoms with van der Waals surface area (Å²) in [6, 6.07) is 31.0. The summed E-state index contributed by atoms with van der Waals surface area (Å²) in [4.78, 5) is 29.5. The molecule has 0 aliphatic carbocycles. The van der Waals surface area contributed by atoms with Crippen LogP contribution in [0.1, 0.15) is 64.8 Å². The zero-order chi connectivity index (χ0) is 30.5. The predicted molar refractivity (Wildman–Crippen MR) is 176 cm³/mol. The number of hydrogen-bond donors (Lipinski definition) is 3. The molecule has 44 heavy (non-hydrogen) atoms. The zero-order valence-electron chi connectivity index (χ0n) is 25.2. The summed E-state index contributed by atoms with van der Waals surface area (Å²) in [5.74, 6) is 0.304. The van der Waals surface area contributed by atoms with Crippen LogP contribution in [0.4, 0.5) is 11.4 Å². The lowest BCUT2D eigenvalue weighted by molar-refractivity contribution is -0.110. The van der Waals surface area contributed by atoms with Gasteiger partial charge in [-0.05, 0) is 92.0 Å². The lowest BCUT2D eigenvalue weighted by atomic mass is 9.98. The average Bonchev–Trinajstić information content (AvgIpc) is 3.39. The molecule has 0 spiro atoms. The van der Waals surface area contributed by atoms with E-state index in [1.54, 1.807) is 25.3 Å². The SMILES string of the molecule is COc1cccc([C@@H](C)NC(=O)c2ccc3c(c2)C(=C(Nc2cccc(CN4CCCCC4)c2)c2ccccc2)C(=O)N3)c1. The molecule has 1 atom stereocenters. The van der Waals surface area contributed by atoms with Gasteiger partial charge in [-0.3, -0.25) is 14.5 Å². The van der Waals surface area contributed by atoms with E-state index < -0.39 is 0 Å². The number of methoxy groups -OCH3 is 1. The number of benzene rings is 4. The molecule has 3 N–H and O–H groups in total. The summed E-state index contributed by atoms with van der Waals surface area (Å²) < 4.78 is 5.34. The monoisotopic (exact) mass is 586 g/mol. The molecule has 0 aromatic heterocycles. The summed E-state index contributed by atoms with van der Waals surface area (Å²) in [5, 5.41) is 9.68. The number of piperidine rings is 1. The number of fused-ring (bicyclic) bond motifs is 1. The second-order valence-corrected chi connectivity index (χ2v) is 11.5. The fourth-order valence-corrected chi connectivity index (χ4v) is 5.98. The van der Waals surface area contributed by atoms with E-state index in [4.69, 9.17) is 4.74 Å². The number of nitrogens with zero attached hydrogens (tertiary/aromatic N) is 1. The van der Waals surface area contributed by atoms with Gasteiger partial charge in [0.2, 0.25) is 0 Å². The molecule has 224 valence electrons. The van der Waals surface area contributed by atoms with Crippen LogP contribution in [0.5, 0.6) is 5.75 Å². The number of ether oxygens (including phenoxy) is 1. The van der Waals surface area contributed by atoms with Crippen LogP contribution >= 0.6 is 0 Å². The van der Waals surface area contributed by atoms with Crippen LogP contribution in [0.15, 0.2) is 97.1 Å². The third-order valence-electron chi connectivity index (χ3n) is 8.33. The highest BCUT2D eigenvalue weighted by Crippen LogP contribution is 2.38. The van der Waals surface area contributed by atoms with Crippen molar-refractivity contribution in [3.8, 4) is 5.75 Å². The van der Waals surface area contributed by atoms with Gasteiger partial charge in [0.1, 0.15) is 5.75 Å². The van der Waals surface area contributed by atoms with Crippen molar-refractivity contribution in [3.05, 3.63) is 125 Å². The van der Waals surface area contributed by atoms with Crippen molar-refractivity contribution in [2.24, 2.45) is 0 Å². The second-order valence-electron chi connectivity index (χ2n) is 11.5. The minimum Gasteiger partial charge on any atom is -0.497 e. The quantitative estimate of drug-likeness (QED) is 0.182. The minimum atomic E-state index is -0.237. The van der Waals surface area contributed by atoms with Crippen LogP contribution < -0.4 is 20.7 Å². The average molecular weight is 587 g/mol. The number of rotatable bonds is 9. The van der Waals surface area contributed by atoms with E-state index in [9.17, 15) is 9.59 Å². The van der Waals surface area contributed by atoms with Crippen LogP contribution in [0, 0.1) is 0 Å². The summed E-state index contributed by atoms with van der Waals surface area (Å²) in [5.41, 5.74) is 7.00. The Morgan fingerprint density at radius 1 is 0.886 bits per heavy atom. The number of nitrogens with one attached hydrogen (secondary N) is 3. The van der Waals surface area contributed by atoms with Crippen LogP contribution in [0.2, 0.25) is 0 Å². The number of anilines is 2. The Balaban J connectivity index is 1.32. The van der Waals surface area contributed by atoms with Gasteiger partial charge in [-0.2, -0.15) is 0 Å². The molecule has 1 saturated heterocycles. The fraction of sp³-hybridized carbons (Fsp3) is 0.243. The van der Waals surface area contributed by atoms with Crippen molar-refractivity contribution < 1.29 is 14.3 Å². The van der Waals surface area contributed by atoms with Crippen LogP contribution in [-0.4, -0.2) is 36.9 Å². The molecule has 2 aliphatic heterocycles. The first-order valence-electron chi connectivity index (χ1n) is 15.3. The van der Waals surface area contributed by atoms with Gasteiger partial charge in [0.05, 0.1) is 24.4 Å². The van der Waals surface area contributed by atoms with Crippen LogP contribution in [-0.2, 0) is 11.3 Å². The van der Waals surface area contributed by atoms with Gasteiger partial charge in [-0.25, -0.2) is 0 Å². The summed E-state index contributed by atoms with van der Waals surface area (Å²) in [6.45, 7) is 5.10. The molecular formula is C37H38N4O3. The molecule has 2 amide bonds. The zero-order valence-corrected chi connectivity index (χ0v) is 25.2. The van der Waals surface area contributed by atoms with E-state index in [1.165, 1.54) is 24.8 Å². The highest BCUT2D eigenvalue weighted by Gasteiger charge is 2.30. The maximum atomic E-state index is 13.5. The molecule has 1 fully saturated rings. The van der Waals surface area contributed by atoms with Crippen molar-refractivity contribution in [3.63, 3.8) is 0 Å². The van der Waals surface area contributed by atoms with Gasteiger partial charge >= 0.3 is 0 Å². The Morgan fingerprint density at radius 2 is 1.68 bits per heavy atom. The number of carbonyl (C=O) groups excluding carboxylic acids is 2. The molecule has 6 rings (SSSR count). The van der Waals surface area contributed by atoms with Gasteiger partial charge in [0, 0.05) is 29.0 Å². The molecule has 0 saturated carbocycles. The Hall–Kier alpha value is -4.88. The third kappa shape index (κ3) is 6.53. The van der Waals surface area contributed by atoms with E-state index in [0.29, 0.717) is 28.1 Å². The van der Waals surface area contributed by atoms with E-state index in [0.717, 1.165) is 42.2 Å². The smallest absolute Gasteiger partial charge is 0.258 e. The number of likely N-dealkylation sites (tertiary alicyclic amines) is 1. The lowest BCUT2D eigenvalue weighted by Gasteiger charge is -2.26. The van der Waals surface area contributed by atoms with Crippen molar-refractivity contribution in [2.45, 2.75) is 38.8 Å². The molecule has 7 heteroatoms. The van der Waals surface area contributed by atoms with Crippen molar-refractivity contribution in [1.29, 1.82) is 0 Å². The van der Waals surface area contributed by atoms with Crippen molar-refractivity contribution in [2.75, 3.05) is 30.8 Å². The highest BCUT2D eigenvalue weighted by atomic mass is 16.5. The molecule has 2 heterocycles. The normalized spacial score (nSPS) is 16.5. The highest BCUT2D eigenvalue weighted by molar-refractivity contribution is 6.37. The molecular weight excluding hydrogens is 548 g/mol. The summed E-state index contributed by atoms with van der Waals surface area (Å²) in [6.07, 6.45) is 3.80. The molecule has 2 aliphatic rings. The standard InChI is InChI=1S/C37H38N4O3/c1-25(28-14-10-16-31(22-28)44-2)38-36(42)29-17-18-33-32(23-29)34(37(43)40-33)35(27-12-5-3-6-13-27)39-30-15-9-11-26(21-30)24-41-19-7-4-8-20-41/h3,5-6,9-18,21-23,25,39H,4,7-8,19-20,24H2,1-2H3,(H,38,42)(H,40,43)/t25-/m1/s1. The molecule has 4 aromatic rings. The Labute approximate surface area is 258 Å². The maximum absolute atomic E-state index is 13.5. The molecule has 0 unspecified atom stereocenters. The van der Waals surface area contributed by atoms with Gasteiger partial charge in [0.15, 0.2) is 0 Å². The Bertz CT molecular complexity index is 1690.